The SMILES string of the molecule is O=P(O)(O)OP(=O)(O)OP(=O)(O)OP(=O)(O)OP(=O)(O[C@]1(O)[C@H](O)[C@H](O)[C@@H](O)[C@H](O)[C@H]1O)OP(=O)(O)O. The molecule has 0 bridgehead atoms. The summed E-state index contributed by atoms with van der Waals surface area (Å²) in [4.78, 5) is 62.2. The lowest BCUT2D eigenvalue weighted by molar-refractivity contribution is -0.336. The van der Waals surface area contributed by atoms with Crippen molar-refractivity contribution in [3.63, 3.8) is 0 Å². The Morgan fingerprint density at radius 1 is 0.486 bits per heavy atom. The molecule has 0 heterocycles. The van der Waals surface area contributed by atoms with E-state index in [1.54, 1.807) is 0 Å². The zero-order valence-corrected chi connectivity index (χ0v) is 22.1. The highest BCUT2D eigenvalue weighted by Crippen LogP contribution is 2.76. The molecule has 25 nitrogen and oxygen atoms in total. The highest BCUT2D eigenvalue weighted by atomic mass is 31.3. The Morgan fingerprint density at radius 2 is 0.811 bits per heavy atom. The number of aliphatic hydroxyl groups is 6. The molecule has 1 saturated carbocycles. The van der Waals surface area contributed by atoms with Crippen molar-refractivity contribution in [2.75, 3.05) is 0 Å². The maximum Gasteiger partial charge on any atom is 0.495 e. The zero-order chi connectivity index (χ0) is 29.6. The summed E-state index contributed by atoms with van der Waals surface area (Å²) in [6, 6.07) is 0. The van der Waals surface area contributed by atoms with Gasteiger partial charge in [-0.3, -0.25) is 0 Å². The molecule has 222 valence electrons. The molecule has 4 unspecified atom stereocenters. The average molecular weight is 676 g/mol. The van der Waals surface area contributed by atoms with Gasteiger partial charge in [-0.1, -0.05) is 0 Å². The van der Waals surface area contributed by atoms with E-state index in [0.717, 1.165) is 0 Å². The van der Waals surface area contributed by atoms with Gasteiger partial charge in [0.05, 0.1) is 0 Å². The number of phosphoric acid groups is 6. The lowest BCUT2D eigenvalue weighted by atomic mass is 9.82. The minimum atomic E-state index is -6.76. The van der Waals surface area contributed by atoms with E-state index in [-0.39, 0.29) is 0 Å². The summed E-state index contributed by atoms with van der Waals surface area (Å²) < 4.78 is 89.8. The highest BCUT2D eigenvalue weighted by molar-refractivity contribution is 7.72. The standard InChI is InChI=1S/C6H18O25P6/c7-1-2(8)4(10)6(12,5(11)3(1)9)26-37(25,28-33(16,17)18)31-36(23,24)30-35(21,22)29-34(19,20)27-32(13,14)15/h1-5,7-12H,(H,19,20)(H,21,22)(H,23,24)(H2,13,14,15)(H2,16,17,18)/t1-,2-,3+,4-,5-,6-,37?/m1/s1. The molecule has 13 N–H and O–H groups in total. The van der Waals surface area contributed by atoms with E-state index in [4.69, 9.17) is 24.5 Å². The van der Waals surface area contributed by atoms with Crippen molar-refractivity contribution in [2.24, 2.45) is 0 Å². The third-order valence-corrected chi connectivity index (χ3v) is 12.3. The van der Waals surface area contributed by atoms with Crippen molar-refractivity contribution in [3.8, 4) is 0 Å². The van der Waals surface area contributed by atoms with Gasteiger partial charge >= 0.3 is 46.9 Å². The normalized spacial score (nSPS) is 36.1. The van der Waals surface area contributed by atoms with Gasteiger partial charge in [-0.05, 0) is 0 Å². The highest BCUT2D eigenvalue weighted by Gasteiger charge is 2.63. The van der Waals surface area contributed by atoms with Crippen molar-refractivity contribution in [3.05, 3.63) is 0 Å². The van der Waals surface area contributed by atoms with Gasteiger partial charge in [0.15, 0.2) is 0 Å². The van der Waals surface area contributed by atoms with E-state index in [1.807, 2.05) is 0 Å². The fourth-order valence-corrected chi connectivity index (χ4v) is 9.88. The van der Waals surface area contributed by atoms with Crippen molar-refractivity contribution in [2.45, 2.75) is 36.3 Å². The van der Waals surface area contributed by atoms with Crippen molar-refractivity contribution in [1.29, 1.82) is 0 Å². The van der Waals surface area contributed by atoms with E-state index in [0.29, 0.717) is 0 Å². The molecule has 1 rings (SSSR count). The molecule has 1 aliphatic carbocycles. The van der Waals surface area contributed by atoms with Crippen LogP contribution in [0.25, 0.3) is 0 Å². The van der Waals surface area contributed by atoms with Gasteiger partial charge in [-0.2, -0.15) is 21.6 Å². The second-order valence-electron chi connectivity index (χ2n) is 6.45. The van der Waals surface area contributed by atoms with E-state index >= 15 is 0 Å². The summed E-state index contributed by atoms with van der Waals surface area (Å²) in [7, 11) is -38.6. The Bertz CT molecular complexity index is 1100. The Morgan fingerprint density at radius 3 is 1.16 bits per heavy atom. The van der Waals surface area contributed by atoms with Gasteiger partial charge in [0.25, 0.3) is 0 Å². The van der Waals surface area contributed by atoms with Gasteiger partial charge in [0, 0.05) is 0 Å². The maximum absolute atomic E-state index is 12.6. The molecule has 0 aromatic rings. The Hall–Kier alpha value is 0.620. The van der Waals surface area contributed by atoms with Crippen LogP contribution in [0.2, 0.25) is 0 Å². The van der Waals surface area contributed by atoms with E-state index in [9.17, 15) is 67.8 Å². The molecule has 0 aliphatic heterocycles. The van der Waals surface area contributed by atoms with E-state index in [1.165, 1.54) is 0 Å². The molecule has 1 aliphatic rings. The fourth-order valence-electron chi connectivity index (χ4n) is 2.27. The Kier molecular flexibility index (Phi) is 11.1. The molecule has 0 amide bonds. The second kappa shape index (κ2) is 11.5. The van der Waals surface area contributed by atoms with Crippen LogP contribution in [0.15, 0.2) is 0 Å². The zero-order valence-electron chi connectivity index (χ0n) is 16.8. The van der Waals surface area contributed by atoms with Crippen LogP contribution in [0.3, 0.4) is 0 Å². The summed E-state index contributed by atoms with van der Waals surface area (Å²) >= 11 is 0. The summed E-state index contributed by atoms with van der Waals surface area (Å²) in [6.07, 6.45) is -14.1. The fraction of sp³-hybridized carbons (Fsp3) is 1.00. The number of hydrogen-bond donors (Lipinski definition) is 13. The monoisotopic (exact) mass is 676 g/mol. The first-order valence-electron chi connectivity index (χ1n) is 8.13. The lowest BCUT2D eigenvalue weighted by Crippen LogP contribution is -2.71. The third kappa shape index (κ3) is 10.5. The molecule has 1 fully saturated rings. The summed E-state index contributed by atoms with van der Waals surface area (Å²) in [6.45, 7) is 0. The average Bonchev–Trinajstić information content (AvgIpc) is 2.56. The maximum atomic E-state index is 12.6. The summed E-state index contributed by atoms with van der Waals surface area (Å²) in [5.41, 5.74) is 0. The number of hydrogen-bond acceptors (Lipinski definition) is 18. The van der Waals surface area contributed by atoms with Crippen molar-refractivity contribution < 1.29 is 118 Å². The molecule has 0 aromatic carbocycles. The summed E-state index contributed by atoms with van der Waals surface area (Å²) in [5, 5.41) is 58.6. The van der Waals surface area contributed by atoms with Crippen LogP contribution in [-0.4, -0.2) is 101 Å². The second-order valence-corrected chi connectivity index (χ2v) is 15.6. The predicted molar refractivity (Wildman–Crippen MR) is 103 cm³/mol. The lowest BCUT2D eigenvalue weighted by Gasteiger charge is -2.47. The first-order chi connectivity index (χ1) is 16.0. The van der Waals surface area contributed by atoms with Crippen molar-refractivity contribution >= 4 is 46.9 Å². The molecule has 31 heteroatoms. The molecule has 0 radical (unpaired) electrons. The first-order valence-corrected chi connectivity index (χ1v) is 17.1. The van der Waals surface area contributed by atoms with Crippen LogP contribution in [0, 0.1) is 0 Å². The quantitative estimate of drug-likeness (QED) is 0.0695. The number of rotatable bonds is 12. The van der Waals surface area contributed by atoms with Crippen LogP contribution in [-0.2, 0) is 53.5 Å². The minimum absolute atomic E-state index is 2.47. The molecular formula is C6H18O25P6. The third-order valence-electron chi connectivity index (χ3n) is 3.48. The van der Waals surface area contributed by atoms with Crippen LogP contribution >= 0.6 is 46.9 Å². The van der Waals surface area contributed by atoms with E-state index < -0.39 is 83.2 Å². The van der Waals surface area contributed by atoms with Crippen LogP contribution in [0.5, 0.6) is 0 Å². The molecule has 37 heavy (non-hydrogen) atoms. The molecule has 0 saturated heterocycles. The molecular weight excluding hydrogens is 658 g/mol. The summed E-state index contributed by atoms with van der Waals surface area (Å²) in [5.74, 6) is -4.15. The van der Waals surface area contributed by atoms with Gasteiger partial charge in [-0.15, -0.1) is 0 Å². The van der Waals surface area contributed by atoms with Gasteiger partial charge in [-0.25, -0.2) is 31.9 Å². The van der Waals surface area contributed by atoms with Gasteiger partial charge in [0.1, 0.15) is 30.5 Å². The molecule has 0 spiro atoms. The minimum Gasteiger partial charge on any atom is -0.387 e. The smallest absolute Gasteiger partial charge is 0.387 e. The largest absolute Gasteiger partial charge is 0.495 e. The number of aliphatic hydroxyl groups excluding tert-OH is 5. The Balaban J connectivity index is 3.35. The van der Waals surface area contributed by atoms with Crippen LogP contribution in [0.4, 0.5) is 0 Å². The van der Waals surface area contributed by atoms with Gasteiger partial charge < -0.3 is 64.9 Å². The van der Waals surface area contributed by atoms with E-state index in [2.05, 4.69) is 26.1 Å². The Labute approximate surface area is 202 Å². The topological polar surface area (TPSA) is 421 Å². The molecule has 0 aromatic heterocycles. The molecule has 10 atom stereocenters. The van der Waals surface area contributed by atoms with Crippen molar-refractivity contribution in [1.82, 2.24) is 0 Å². The van der Waals surface area contributed by atoms with Crippen LogP contribution < -0.4 is 0 Å². The van der Waals surface area contributed by atoms with Crippen LogP contribution in [0.1, 0.15) is 0 Å². The predicted octanol–water partition coefficient (Wildman–Crippen LogP) is -3.81. The first kappa shape index (κ1) is 35.6. The van der Waals surface area contributed by atoms with Gasteiger partial charge in [0.2, 0.25) is 5.79 Å².